The second-order valence-electron chi connectivity index (χ2n) is 2.82. The molecule has 0 radical (unpaired) electrons. The Balaban J connectivity index is 2.82. The quantitative estimate of drug-likeness (QED) is 0.747. The highest BCUT2D eigenvalue weighted by molar-refractivity contribution is 7.97. The van der Waals surface area contributed by atoms with Crippen molar-refractivity contribution in [3.63, 3.8) is 0 Å². The van der Waals surface area contributed by atoms with E-state index in [1.807, 2.05) is 30.4 Å². The first-order valence-corrected chi connectivity index (χ1v) is 5.58. The van der Waals surface area contributed by atoms with Gasteiger partial charge in [0, 0.05) is 12.9 Å². The molecule has 0 aliphatic heterocycles. The lowest BCUT2D eigenvalue weighted by molar-refractivity contribution is 0.0732. The van der Waals surface area contributed by atoms with Crippen molar-refractivity contribution in [3.05, 3.63) is 17.7 Å². The lowest BCUT2D eigenvalue weighted by Gasteiger charge is -2.10. The molecule has 0 saturated heterocycles. The van der Waals surface area contributed by atoms with E-state index in [9.17, 15) is 0 Å². The van der Waals surface area contributed by atoms with Gasteiger partial charge in [0.25, 0.3) is 0 Å². The second kappa shape index (κ2) is 4.67. The third kappa shape index (κ3) is 2.25. The highest BCUT2D eigenvalue weighted by atomic mass is 32.2. The largest absolute Gasteiger partial charge is 0.372 e. The zero-order chi connectivity index (χ0) is 9.84. The zero-order valence-corrected chi connectivity index (χ0v) is 9.39. The summed E-state index contributed by atoms with van der Waals surface area (Å²) >= 11 is 1.65. The average molecular weight is 200 g/mol. The van der Waals surface area contributed by atoms with Crippen LogP contribution < -0.4 is 0 Å². The van der Waals surface area contributed by atoms with Gasteiger partial charge in [0.05, 0.1) is 17.5 Å². The Morgan fingerprint density at radius 3 is 2.85 bits per heavy atom. The van der Waals surface area contributed by atoms with Gasteiger partial charge in [0.2, 0.25) is 0 Å². The molecule has 4 heteroatoms. The fourth-order valence-electron chi connectivity index (χ4n) is 1.32. The van der Waals surface area contributed by atoms with Gasteiger partial charge in [-0.2, -0.15) is 0 Å². The van der Waals surface area contributed by atoms with Gasteiger partial charge in [0.15, 0.2) is 0 Å². The van der Waals surface area contributed by atoms with Crippen molar-refractivity contribution < 1.29 is 4.74 Å². The van der Waals surface area contributed by atoms with Crippen LogP contribution in [0.5, 0.6) is 0 Å². The van der Waals surface area contributed by atoms with Gasteiger partial charge < -0.3 is 4.74 Å². The van der Waals surface area contributed by atoms with Crippen molar-refractivity contribution in [3.8, 4) is 0 Å². The molecule has 13 heavy (non-hydrogen) atoms. The molecular weight excluding hydrogens is 184 g/mol. The smallest absolute Gasteiger partial charge is 0.105 e. The summed E-state index contributed by atoms with van der Waals surface area (Å²) in [6, 6.07) is 0. The molecule has 0 bridgehead atoms. The van der Waals surface area contributed by atoms with E-state index in [1.165, 1.54) is 5.69 Å². The van der Waals surface area contributed by atoms with E-state index in [0.29, 0.717) is 0 Å². The van der Waals surface area contributed by atoms with Crippen LogP contribution in [0.15, 0.2) is 6.33 Å². The first-order chi connectivity index (χ1) is 6.20. The predicted octanol–water partition coefficient (Wildman–Crippen LogP) is 2.42. The molecule has 0 amide bonds. The molecular formula is C9H16N2OS. The molecule has 1 rings (SSSR count). The number of imidazole rings is 1. The first-order valence-electron chi connectivity index (χ1n) is 4.40. The van der Waals surface area contributed by atoms with Gasteiger partial charge in [-0.1, -0.05) is 0 Å². The molecule has 0 spiro atoms. The van der Waals surface area contributed by atoms with E-state index in [-0.39, 0.29) is 6.10 Å². The standard InChI is InChI=1S/C9H16N2OS/c1-5-12-8(3)9-7(2)11(13-4)6-10-9/h6,8H,5H2,1-4H3. The van der Waals surface area contributed by atoms with E-state index in [2.05, 4.69) is 11.9 Å². The Bertz CT molecular complexity index is 273. The monoisotopic (exact) mass is 200 g/mol. The molecule has 1 aromatic rings. The van der Waals surface area contributed by atoms with Gasteiger partial charge in [0.1, 0.15) is 6.33 Å². The minimum absolute atomic E-state index is 0.0957. The third-order valence-corrected chi connectivity index (χ3v) is 2.76. The molecule has 0 saturated carbocycles. The topological polar surface area (TPSA) is 27.1 Å². The van der Waals surface area contributed by atoms with Crippen LogP contribution in [0, 0.1) is 6.92 Å². The summed E-state index contributed by atoms with van der Waals surface area (Å²) in [7, 11) is 0. The number of ether oxygens (including phenoxy) is 1. The maximum atomic E-state index is 5.48. The molecule has 74 valence electrons. The lowest BCUT2D eigenvalue weighted by atomic mass is 10.2. The maximum absolute atomic E-state index is 5.48. The van der Waals surface area contributed by atoms with Crippen LogP contribution in [-0.2, 0) is 4.74 Å². The van der Waals surface area contributed by atoms with Crippen molar-refractivity contribution in [2.24, 2.45) is 0 Å². The van der Waals surface area contributed by atoms with Crippen LogP contribution in [0.2, 0.25) is 0 Å². The first kappa shape index (κ1) is 10.6. The zero-order valence-electron chi connectivity index (χ0n) is 8.57. The van der Waals surface area contributed by atoms with E-state index in [1.54, 1.807) is 11.9 Å². The summed E-state index contributed by atoms with van der Waals surface area (Å²) in [6.07, 6.45) is 3.97. The molecule has 0 aromatic carbocycles. The predicted molar refractivity (Wildman–Crippen MR) is 55.9 cm³/mol. The van der Waals surface area contributed by atoms with E-state index in [0.717, 1.165) is 12.3 Å². The number of nitrogens with zero attached hydrogens (tertiary/aromatic N) is 2. The second-order valence-corrected chi connectivity index (χ2v) is 3.58. The van der Waals surface area contributed by atoms with E-state index >= 15 is 0 Å². The molecule has 0 fully saturated rings. The lowest BCUT2D eigenvalue weighted by Crippen LogP contribution is -2.02. The molecule has 0 aliphatic carbocycles. The van der Waals surface area contributed by atoms with Gasteiger partial charge >= 0.3 is 0 Å². The van der Waals surface area contributed by atoms with Crippen LogP contribution in [0.3, 0.4) is 0 Å². The van der Waals surface area contributed by atoms with Gasteiger partial charge in [-0.15, -0.1) is 0 Å². The SMILES string of the molecule is CCOC(C)c1ncn(SC)c1C. The van der Waals surface area contributed by atoms with Gasteiger partial charge in [-0.25, -0.2) is 4.98 Å². The van der Waals surface area contributed by atoms with Crippen LogP contribution in [0.1, 0.15) is 31.3 Å². The minimum Gasteiger partial charge on any atom is -0.372 e. The Morgan fingerprint density at radius 2 is 2.38 bits per heavy atom. The maximum Gasteiger partial charge on any atom is 0.105 e. The third-order valence-electron chi connectivity index (χ3n) is 2.00. The molecule has 0 N–H and O–H groups in total. The molecule has 1 heterocycles. The van der Waals surface area contributed by atoms with Crippen molar-refractivity contribution in [1.82, 2.24) is 8.96 Å². The van der Waals surface area contributed by atoms with Crippen molar-refractivity contribution in [1.29, 1.82) is 0 Å². The summed E-state index contributed by atoms with van der Waals surface area (Å²) in [6.45, 7) is 6.82. The summed E-state index contributed by atoms with van der Waals surface area (Å²) in [5.74, 6) is 0. The summed E-state index contributed by atoms with van der Waals surface area (Å²) in [5, 5.41) is 0. The molecule has 1 unspecified atom stereocenters. The number of rotatable bonds is 4. The highest BCUT2D eigenvalue weighted by Crippen LogP contribution is 2.20. The summed E-state index contributed by atoms with van der Waals surface area (Å²) in [4.78, 5) is 4.32. The Hall–Kier alpha value is -0.480. The van der Waals surface area contributed by atoms with Crippen LogP contribution in [-0.4, -0.2) is 21.8 Å². The number of hydrogen-bond donors (Lipinski definition) is 0. The Morgan fingerprint density at radius 1 is 1.69 bits per heavy atom. The molecule has 3 nitrogen and oxygen atoms in total. The Kier molecular flexibility index (Phi) is 3.81. The molecule has 1 aromatic heterocycles. The van der Waals surface area contributed by atoms with Crippen LogP contribution >= 0.6 is 11.9 Å². The van der Waals surface area contributed by atoms with Crippen molar-refractivity contribution in [2.75, 3.05) is 12.9 Å². The minimum atomic E-state index is 0.0957. The van der Waals surface area contributed by atoms with Crippen LogP contribution in [0.4, 0.5) is 0 Å². The molecule has 0 aliphatic rings. The van der Waals surface area contributed by atoms with Gasteiger partial charge in [-0.05, 0) is 32.7 Å². The van der Waals surface area contributed by atoms with E-state index < -0.39 is 0 Å². The fraction of sp³-hybridized carbons (Fsp3) is 0.667. The normalized spacial score (nSPS) is 13.2. The van der Waals surface area contributed by atoms with E-state index in [4.69, 9.17) is 4.74 Å². The average Bonchev–Trinajstić information content (AvgIpc) is 2.47. The van der Waals surface area contributed by atoms with Crippen LogP contribution in [0.25, 0.3) is 0 Å². The number of hydrogen-bond acceptors (Lipinski definition) is 3. The Labute approximate surface area is 83.6 Å². The van der Waals surface area contributed by atoms with Gasteiger partial charge in [-0.3, -0.25) is 3.97 Å². The molecule has 1 atom stereocenters. The van der Waals surface area contributed by atoms with Crippen molar-refractivity contribution >= 4 is 11.9 Å². The summed E-state index contributed by atoms with van der Waals surface area (Å²) in [5.41, 5.74) is 2.21. The fourth-order valence-corrected chi connectivity index (χ4v) is 1.83. The summed E-state index contributed by atoms with van der Waals surface area (Å²) < 4.78 is 7.53. The highest BCUT2D eigenvalue weighted by Gasteiger charge is 2.13. The number of aromatic nitrogens is 2. The van der Waals surface area contributed by atoms with Crippen molar-refractivity contribution in [2.45, 2.75) is 26.9 Å².